The first-order valence-electron chi connectivity index (χ1n) is 3.91. The summed E-state index contributed by atoms with van der Waals surface area (Å²) < 4.78 is 0. The SMILES string of the molecule is CCC(Cc1cncs1)NC. The molecule has 0 spiro atoms. The summed E-state index contributed by atoms with van der Waals surface area (Å²) >= 11 is 1.73. The third kappa shape index (κ3) is 2.60. The van der Waals surface area contributed by atoms with E-state index in [9.17, 15) is 0 Å². The van der Waals surface area contributed by atoms with Crippen LogP contribution in [-0.4, -0.2) is 18.1 Å². The van der Waals surface area contributed by atoms with Crippen molar-refractivity contribution in [3.05, 3.63) is 16.6 Å². The number of nitrogens with zero attached hydrogens (tertiary/aromatic N) is 1. The van der Waals surface area contributed by atoms with E-state index >= 15 is 0 Å². The minimum absolute atomic E-state index is 0.607. The van der Waals surface area contributed by atoms with Gasteiger partial charge in [0.05, 0.1) is 5.51 Å². The average Bonchev–Trinajstić information content (AvgIpc) is 2.52. The van der Waals surface area contributed by atoms with Crippen molar-refractivity contribution in [3.8, 4) is 0 Å². The van der Waals surface area contributed by atoms with Crippen molar-refractivity contribution in [3.63, 3.8) is 0 Å². The van der Waals surface area contributed by atoms with Crippen LogP contribution >= 0.6 is 11.3 Å². The molecule has 1 heterocycles. The van der Waals surface area contributed by atoms with Gasteiger partial charge in [0.1, 0.15) is 0 Å². The van der Waals surface area contributed by atoms with E-state index in [4.69, 9.17) is 0 Å². The van der Waals surface area contributed by atoms with E-state index < -0.39 is 0 Å². The van der Waals surface area contributed by atoms with Gasteiger partial charge in [0.25, 0.3) is 0 Å². The number of hydrogen-bond donors (Lipinski definition) is 1. The van der Waals surface area contributed by atoms with Gasteiger partial charge in [0, 0.05) is 17.1 Å². The molecule has 1 N–H and O–H groups in total. The van der Waals surface area contributed by atoms with E-state index in [0.29, 0.717) is 6.04 Å². The van der Waals surface area contributed by atoms with Gasteiger partial charge in [-0.2, -0.15) is 0 Å². The smallest absolute Gasteiger partial charge is 0.0794 e. The van der Waals surface area contributed by atoms with Crippen LogP contribution in [0.15, 0.2) is 11.7 Å². The van der Waals surface area contributed by atoms with Crippen LogP contribution < -0.4 is 5.32 Å². The maximum atomic E-state index is 4.03. The first kappa shape index (κ1) is 8.68. The third-order valence-electron chi connectivity index (χ3n) is 1.83. The second-order valence-corrected chi connectivity index (χ2v) is 3.54. The van der Waals surface area contributed by atoms with Crippen LogP contribution in [0, 0.1) is 0 Å². The minimum atomic E-state index is 0.607. The zero-order chi connectivity index (χ0) is 8.10. The highest BCUT2D eigenvalue weighted by molar-refractivity contribution is 7.09. The third-order valence-corrected chi connectivity index (χ3v) is 2.63. The Balaban J connectivity index is 2.41. The zero-order valence-electron chi connectivity index (χ0n) is 7.00. The summed E-state index contributed by atoms with van der Waals surface area (Å²) in [5.74, 6) is 0. The van der Waals surface area contributed by atoms with Gasteiger partial charge in [-0.05, 0) is 19.9 Å². The van der Waals surface area contributed by atoms with Crippen molar-refractivity contribution >= 4 is 11.3 Å². The molecule has 0 saturated carbocycles. The summed E-state index contributed by atoms with van der Waals surface area (Å²) in [7, 11) is 2.01. The molecule has 1 rings (SSSR count). The topological polar surface area (TPSA) is 24.9 Å². The van der Waals surface area contributed by atoms with Gasteiger partial charge in [-0.25, -0.2) is 0 Å². The molecule has 0 aliphatic carbocycles. The van der Waals surface area contributed by atoms with Crippen LogP contribution in [-0.2, 0) is 6.42 Å². The first-order valence-corrected chi connectivity index (χ1v) is 4.79. The molecule has 0 aliphatic rings. The van der Waals surface area contributed by atoms with E-state index in [2.05, 4.69) is 17.2 Å². The Morgan fingerprint density at radius 3 is 3.00 bits per heavy atom. The quantitative estimate of drug-likeness (QED) is 0.743. The molecule has 0 amide bonds. The van der Waals surface area contributed by atoms with Gasteiger partial charge >= 0.3 is 0 Å². The molecule has 0 saturated heterocycles. The van der Waals surface area contributed by atoms with Gasteiger partial charge in [0.2, 0.25) is 0 Å². The number of thiazole rings is 1. The van der Waals surface area contributed by atoms with Crippen molar-refractivity contribution in [1.82, 2.24) is 10.3 Å². The fourth-order valence-corrected chi connectivity index (χ4v) is 1.71. The zero-order valence-corrected chi connectivity index (χ0v) is 7.82. The summed E-state index contributed by atoms with van der Waals surface area (Å²) in [5.41, 5.74) is 1.89. The lowest BCUT2D eigenvalue weighted by atomic mass is 10.1. The second kappa shape index (κ2) is 4.46. The number of aromatic nitrogens is 1. The normalized spacial score (nSPS) is 13.3. The molecule has 2 nitrogen and oxygen atoms in total. The lowest BCUT2D eigenvalue weighted by molar-refractivity contribution is 0.546. The summed E-state index contributed by atoms with van der Waals surface area (Å²) in [4.78, 5) is 5.40. The molecule has 0 aromatic carbocycles. The van der Waals surface area contributed by atoms with Crippen LogP contribution in [0.2, 0.25) is 0 Å². The van der Waals surface area contributed by atoms with Crippen LogP contribution in [0.1, 0.15) is 18.2 Å². The van der Waals surface area contributed by atoms with E-state index in [1.54, 1.807) is 11.3 Å². The summed E-state index contributed by atoms with van der Waals surface area (Å²) in [6.07, 6.45) is 4.23. The molecule has 0 bridgehead atoms. The van der Waals surface area contributed by atoms with Crippen LogP contribution in [0.4, 0.5) is 0 Å². The predicted molar refractivity (Wildman–Crippen MR) is 49.0 cm³/mol. The number of rotatable bonds is 4. The molecule has 0 aliphatic heterocycles. The Bertz CT molecular complexity index is 180. The van der Waals surface area contributed by atoms with Crippen molar-refractivity contribution in [2.75, 3.05) is 7.05 Å². The summed E-state index contributed by atoms with van der Waals surface area (Å²) in [6.45, 7) is 2.20. The highest BCUT2D eigenvalue weighted by Gasteiger charge is 2.04. The van der Waals surface area contributed by atoms with Crippen molar-refractivity contribution in [2.24, 2.45) is 0 Å². The molecular formula is C8H14N2S. The molecule has 11 heavy (non-hydrogen) atoms. The van der Waals surface area contributed by atoms with Crippen LogP contribution in [0.5, 0.6) is 0 Å². The summed E-state index contributed by atoms with van der Waals surface area (Å²) in [6, 6.07) is 0.607. The molecule has 0 fully saturated rings. The molecule has 62 valence electrons. The molecule has 1 aromatic rings. The maximum Gasteiger partial charge on any atom is 0.0794 e. The first-order chi connectivity index (χ1) is 5.36. The average molecular weight is 170 g/mol. The Hall–Kier alpha value is -0.410. The largest absolute Gasteiger partial charge is 0.317 e. The van der Waals surface area contributed by atoms with Crippen molar-refractivity contribution in [1.29, 1.82) is 0 Å². The lowest BCUT2D eigenvalue weighted by Crippen LogP contribution is -2.26. The lowest BCUT2D eigenvalue weighted by Gasteiger charge is -2.10. The van der Waals surface area contributed by atoms with Gasteiger partial charge < -0.3 is 5.32 Å². The standard InChI is InChI=1S/C8H14N2S/c1-3-7(9-2)4-8-5-10-6-11-8/h5-7,9H,3-4H2,1-2H3. The Morgan fingerprint density at radius 2 is 2.55 bits per heavy atom. The molecule has 0 radical (unpaired) electrons. The van der Waals surface area contributed by atoms with E-state index in [1.807, 2.05) is 18.8 Å². The second-order valence-electron chi connectivity index (χ2n) is 2.57. The number of likely N-dealkylation sites (N-methyl/N-ethyl adjacent to an activating group) is 1. The van der Waals surface area contributed by atoms with E-state index in [0.717, 1.165) is 6.42 Å². The molecular weight excluding hydrogens is 156 g/mol. The minimum Gasteiger partial charge on any atom is -0.317 e. The van der Waals surface area contributed by atoms with Gasteiger partial charge in [-0.3, -0.25) is 4.98 Å². The van der Waals surface area contributed by atoms with Crippen LogP contribution in [0.3, 0.4) is 0 Å². The highest BCUT2D eigenvalue weighted by atomic mass is 32.1. The number of nitrogens with one attached hydrogen (secondary N) is 1. The molecule has 1 atom stereocenters. The van der Waals surface area contributed by atoms with Crippen molar-refractivity contribution < 1.29 is 0 Å². The Labute approximate surface area is 71.7 Å². The fraction of sp³-hybridized carbons (Fsp3) is 0.625. The fourth-order valence-electron chi connectivity index (χ4n) is 1.04. The van der Waals surface area contributed by atoms with Crippen LogP contribution in [0.25, 0.3) is 0 Å². The van der Waals surface area contributed by atoms with E-state index in [1.165, 1.54) is 11.3 Å². The highest BCUT2D eigenvalue weighted by Crippen LogP contribution is 2.09. The molecule has 1 aromatic heterocycles. The van der Waals surface area contributed by atoms with Crippen molar-refractivity contribution in [2.45, 2.75) is 25.8 Å². The van der Waals surface area contributed by atoms with Gasteiger partial charge in [0.15, 0.2) is 0 Å². The maximum absolute atomic E-state index is 4.03. The van der Waals surface area contributed by atoms with Gasteiger partial charge in [-0.15, -0.1) is 11.3 Å². The predicted octanol–water partition coefficient (Wildman–Crippen LogP) is 1.68. The molecule has 3 heteroatoms. The Morgan fingerprint density at radius 1 is 1.73 bits per heavy atom. The number of hydrogen-bond acceptors (Lipinski definition) is 3. The Kier molecular flexibility index (Phi) is 3.52. The molecule has 1 unspecified atom stereocenters. The van der Waals surface area contributed by atoms with E-state index in [-0.39, 0.29) is 0 Å². The van der Waals surface area contributed by atoms with Gasteiger partial charge in [-0.1, -0.05) is 6.92 Å². The summed E-state index contributed by atoms with van der Waals surface area (Å²) in [5, 5.41) is 3.27. The monoisotopic (exact) mass is 170 g/mol.